The molecule has 2 N–H and O–H groups in total. The van der Waals surface area contributed by atoms with Crippen molar-refractivity contribution in [3.8, 4) is 11.5 Å². The van der Waals surface area contributed by atoms with Crippen LogP contribution < -0.4 is 10.6 Å². The van der Waals surface area contributed by atoms with E-state index < -0.39 is 0 Å². The van der Waals surface area contributed by atoms with E-state index in [1.54, 1.807) is 0 Å². The number of nitrogen functional groups attached to an aromatic ring is 1. The number of aromatic nitrogens is 2. The third-order valence-electron chi connectivity index (χ3n) is 4.12. The monoisotopic (exact) mass is 287 g/mol. The average molecular weight is 287 g/mol. The van der Waals surface area contributed by atoms with Gasteiger partial charge in [-0.05, 0) is 49.3 Å². The van der Waals surface area contributed by atoms with Gasteiger partial charge in [-0.15, -0.1) is 0 Å². The molecule has 21 heavy (non-hydrogen) atoms. The number of hydrogen-bond donors (Lipinski definition) is 1. The van der Waals surface area contributed by atoms with E-state index in [0.29, 0.717) is 17.5 Å². The summed E-state index contributed by atoms with van der Waals surface area (Å²) < 4.78 is 5.45. The molecular weight excluding hydrogens is 266 g/mol. The summed E-state index contributed by atoms with van der Waals surface area (Å²) in [6.45, 7) is 7.95. The number of anilines is 2. The fourth-order valence-corrected chi connectivity index (χ4v) is 2.57. The van der Waals surface area contributed by atoms with Gasteiger partial charge in [-0.1, -0.05) is 0 Å². The maximum Gasteiger partial charge on any atom is 0.266 e. The Kier molecular flexibility index (Phi) is 3.55. The van der Waals surface area contributed by atoms with Gasteiger partial charge in [-0.2, -0.15) is 4.98 Å². The summed E-state index contributed by atoms with van der Waals surface area (Å²) in [5.74, 6) is 1.20. The summed E-state index contributed by atoms with van der Waals surface area (Å²) in [5, 5.41) is 4.12. The van der Waals surface area contributed by atoms with Crippen LogP contribution >= 0.6 is 0 Å². The highest BCUT2D eigenvalue weighted by atomic mass is 16.5. The summed E-state index contributed by atoms with van der Waals surface area (Å²) in [6, 6.07) is 3.85. The lowest BCUT2D eigenvalue weighted by atomic mass is 10.0. The van der Waals surface area contributed by atoms with E-state index in [4.69, 9.17) is 10.3 Å². The van der Waals surface area contributed by atoms with Crippen molar-refractivity contribution in [2.75, 3.05) is 43.9 Å². The Balaban J connectivity index is 1.88. The summed E-state index contributed by atoms with van der Waals surface area (Å²) in [7, 11) is 2.12. The van der Waals surface area contributed by atoms with Crippen molar-refractivity contribution in [2.24, 2.45) is 0 Å². The lowest BCUT2D eigenvalue weighted by molar-refractivity contribution is 0.309. The molecule has 3 rings (SSSR count). The predicted octanol–water partition coefficient (Wildman–Crippen LogP) is 1.69. The Hall–Kier alpha value is -2.08. The molecule has 6 heteroatoms. The molecule has 0 aliphatic carbocycles. The average Bonchev–Trinajstić information content (AvgIpc) is 2.93. The van der Waals surface area contributed by atoms with E-state index in [2.05, 4.69) is 27.0 Å². The van der Waals surface area contributed by atoms with Crippen molar-refractivity contribution in [1.82, 2.24) is 15.0 Å². The third kappa shape index (κ3) is 2.71. The fourth-order valence-electron chi connectivity index (χ4n) is 2.57. The molecule has 2 aromatic rings. The Morgan fingerprint density at radius 2 is 1.86 bits per heavy atom. The minimum atomic E-state index is 0.539. The zero-order valence-corrected chi connectivity index (χ0v) is 12.8. The van der Waals surface area contributed by atoms with E-state index in [-0.39, 0.29) is 0 Å². The number of rotatable bonds is 2. The molecule has 0 amide bonds. The second-order valence-electron chi connectivity index (χ2n) is 5.70. The molecule has 1 saturated heterocycles. The molecule has 0 bridgehead atoms. The van der Waals surface area contributed by atoms with Gasteiger partial charge >= 0.3 is 0 Å². The molecule has 0 atom stereocenters. The minimum Gasteiger partial charge on any atom is -0.399 e. The summed E-state index contributed by atoms with van der Waals surface area (Å²) >= 11 is 0. The summed E-state index contributed by atoms with van der Waals surface area (Å²) in [4.78, 5) is 9.00. The molecule has 0 saturated carbocycles. The highest BCUT2D eigenvalue weighted by Crippen LogP contribution is 2.28. The van der Waals surface area contributed by atoms with Gasteiger partial charge in [0.25, 0.3) is 11.8 Å². The number of piperazine rings is 1. The molecule has 0 radical (unpaired) electrons. The third-order valence-corrected chi connectivity index (χ3v) is 4.12. The maximum absolute atomic E-state index is 5.92. The number of aryl methyl sites for hydroxylation is 1. The van der Waals surface area contributed by atoms with Crippen LogP contribution in [-0.2, 0) is 0 Å². The van der Waals surface area contributed by atoms with Gasteiger partial charge in [0.1, 0.15) is 0 Å². The summed E-state index contributed by atoms with van der Waals surface area (Å²) in [5.41, 5.74) is 9.81. The zero-order valence-electron chi connectivity index (χ0n) is 12.8. The lowest BCUT2D eigenvalue weighted by Gasteiger charge is -2.31. The zero-order chi connectivity index (χ0) is 15.0. The molecule has 1 aromatic carbocycles. The van der Waals surface area contributed by atoms with Crippen LogP contribution in [0.1, 0.15) is 11.1 Å². The Morgan fingerprint density at radius 1 is 1.14 bits per heavy atom. The van der Waals surface area contributed by atoms with E-state index >= 15 is 0 Å². The van der Waals surface area contributed by atoms with Gasteiger partial charge < -0.3 is 20.1 Å². The van der Waals surface area contributed by atoms with Gasteiger partial charge in [0.05, 0.1) is 0 Å². The largest absolute Gasteiger partial charge is 0.399 e. The standard InChI is InChI=1S/C15H21N5O/c1-10-8-12(16)9-13(11(10)2)14-17-15(18-21-14)20-6-4-19(3)5-7-20/h8-9H,4-7,16H2,1-3H3. The first-order valence-corrected chi connectivity index (χ1v) is 7.19. The normalized spacial score (nSPS) is 16.4. The number of nitrogens with zero attached hydrogens (tertiary/aromatic N) is 4. The topological polar surface area (TPSA) is 71.4 Å². The second kappa shape index (κ2) is 5.37. The van der Waals surface area contributed by atoms with Gasteiger partial charge in [0, 0.05) is 37.4 Å². The molecule has 6 nitrogen and oxygen atoms in total. The van der Waals surface area contributed by atoms with Crippen LogP contribution in [0.25, 0.3) is 11.5 Å². The lowest BCUT2D eigenvalue weighted by Crippen LogP contribution is -2.44. The molecule has 2 heterocycles. The number of benzene rings is 1. The van der Waals surface area contributed by atoms with Crippen molar-refractivity contribution in [1.29, 1.82) is 0 Å². The van der Waals surface area contributed by atoms with Crippen molar-refractivity contribution < 1.29 is 4.52 Å². The summed E-state index contributed by atoms with van der Waals surface area (Å²) in [6.07, 6.45) is 0. The first-order valence-electron chi connectivity index (χ1n) is 7.19. The highest BCUT2D eigenvalue weighted by Gasteiger charge is 2.20. The number of nitrogens with two attached hydrogens (primary N) is 1. The molecule has 1 aliphatic heterocycles. The van der Waals surface area contributed by atoms with Crippen LogP contribution in [-0.4, -0.2) is 48.3 Å². The molecule has 0 spiro atoms. The van der Waals surface area contributed by atoms with Gasteiger partial charge in [0.2, 0.25) is 0 Å². The fraction of sp³-hybridized carbons (Fsp3) is 0.467. The SMILES string of the molecule is Cc1cc(N)cc(-c2nc(N3CCN(C)CC3)no2)c1C. The van der Waals surface area contributed by atoms with E-state index in [1.807, 2.05) is 26.0 Å². The van der Waals surface area contributed by atoms with Crippen LogP contribution in [0.5, 0.6) is 0 Å². The van der Waals surface area contributed by atoms with Crippen molar-refractivity contribution >= 4 is 11.6 Å². The quantitative estimate of drug-likeness (QED) is 0.847. The molecule has 1 aliphatic rings. The second-order valence-corrected chi connectivity index (χ2v) is 5.70. The van der Waals surface area contributed by atoms with E-state index in [0.717, 1.165) is 42.9 Å². The van der Waals surface area contributed by atoms with Crippen molar-refractivity contribution in [3.05, 3.63) is 23.3 Å². The molecular formula is C15H21N5O. The van der Waals surface area contributed by atoms with Gasteiger partial charge in [0.15, 0.2) is 0 Å². The van der Waals surface area contributed by atoms with Crippen LogP contribution in [0.3, 0.4) is 0 Å². The number of likely N-dealkylation sites (N-methyl/N-ethyl adjacent to an activating group) is 1. The van der Waals surface area contributed by atoms with Crippen LogP contribution in [0.4, 0.5) is 11.6 Å². The van der Waals surface area contributed by atoms with Gasteiger partial charge in [-0.3, -0.25) is 0 Å². The molecule has 112 valence electrons. The minimum absolute atomic E-state index is 0.539. The smallest absolute Gasteiger partial charge is 0.266 e. The Morgan fingerprint density at radius 3 is 2.57 bits per heavy atom. The molecule has 1 fully saturated rings. The highest BCUT2D eigenvalue weighted by molar-refractivity contribution is 5.67. The van der Waals surface area contributed by atoms with Crippen molar-refractivity contribution in [3.63, 3.8) is 0 Å². The van der Waals surface area contributed by atoms with Crippen molar-refractivity contribution in [2.45, 2.75) is 13.8 Å². The van der Waals surface area contributed by atoms with Crippen LogP contribution in [0.2, 0.25) is 0 Å². The first kappa shape index (κ1) is 13.9. The first-order chi connectivity index (χ1) is 10.0. The van der Waals surface area contributed by atoms with Gasteiger partial charge in [-0.25, -0.2) is 0 Å². The van der Waals surface area contributed by atoms with E-state index in [1.165, 1.54) is 0 Å². The van der Waals surface area contributed by atoms with E-state index in [9.17, 15) is 0 Å². The molecule has 0 unspecified atom stereocenters. The number of hydrogen-bond acceptors (Lipinski definition) is 6. The Labute approximate surface area is 124 Å². The predicted molar refractivity (Wildman–Crippen MR) is 83.3 cm³/mol. The van der Waals surface area contributed by atoms with Crippen LogP contribution in [0.15, 0.2) is 16.7 Å². The van der Waals surface area contributed by atoms with Crippen LogP contribution in [0, 0.1) is 13.8 Å². The Bertz CT molecular complexity index is 644. The molecule has 1 aromatic heterocycles. The maximum atomic E-state index is 5.92.